The van der Waals surface area contributed by atoms with Gasteiger partial charge < -0.3 is 9.47 Å². The van der Waals surface area contributed by atoms with Gasteiger partial charge in [0, 0.05) is 16.8 Å². The van der Waals surface area contributed by atoms with Crippen LogP contribution in [0.4, 0.5) is 0 Å². The highest BCUT2D eigenvalue weighted by Gasteiger charge is 2.13. The summed E-state index contributed by atoms with van der Waals surface area (Å²) in [5, 5.41) is 5.03. The number of hydrogen-bond donors (Lipinski definition) is 0. The van der Waals surface area contributed by atoms with Crippen LogP contribution in [-0.2, 0) is 6.54 Å². The number of ether oxygens (including phenoxy) is 2. The Morgan fingerprint density at radius 3 is 2.60 bits per heavy atom. The summed E-state index contributed by atoms with van der Waals surface area (Å²) in [6, 6.07) is 13.0. The van der Waals surface area contributed by atoms with E-state index in [0.29, 0.717) is 28.8 Å². The Labute approximate surface area is 150 Å². The maximum Gasteiger partial charge on any atom is 0.170 e. The summed E-state index contributed by atoms with van der Waals surface area (Å²) in [4.78, 5) is 11.4. The zero-order chi connectivity index (χ0) is 17.8. The second kappa shape index (κ2) is 7.40. The van der Waals surface area contributed by atoms with Crippen LogP contribution in [0.15, 0.2) is 48.7 Å². The summed E-state index contributed by atoms with van der Waals surface area (Å²) < 4.78 is 12.3. The molecule has 1 heterocycles. The molecule has 5 nitrogen and oxygen atoms in total. The van der Waals surface area contributed by atoms with E-state index >= 15 is 0 Å². The average Bonchev–Trinajstić information content (AvgIpc) is 3.04. The van der Waals surface area contributed by atoms with Crippen LogP contribution in [0.3, 0.4) is 0 Å². The van der Waals surface area contributed by atoms with Gasteiger partial charge in [0.25, 0.3) is 0 Å². The fourth-order valence-corrected chi connectivity index (χ4v) is 2.87. The van der Waals surface area contributed by atoms with Crippen LogP contribution in [0.25, 0.3) is 11.1 Å². The third-order valence-corrected chi connectivity index (χ3v) is 4.07. The number of benzene rings is 2. The molecule has 0 spiro atoms. The normalized spacial score (nSPS) is 10.5. The van der Waals surface area contributed by atoms with Crippen LogP contribution < -0.4 is 9.47 Å². The molecule has 3 rings (SSSR count). The van der Waals surface area contributed by atoms with Crippen molar-refractivity contribution in [2.45, 2.75) is 6.54 Å². The molecule has 0 aliphatic carbocycles. The van der Waals surface area contributed by atoms with E-state index in [9.17, 15) is 4.79 Å². The lowest BCUT2D eigenvalue weighted by Gasteiger charge is -2.08. The molecule has 0 aliphatic heterocycles. The number of halogens is 1. The summed E-state index contributed by atoms with van der Waals surface area (Å²) in [5.74, 6) is 1.23. The van der Waals surface area contributed by atoms with Gasteiger partial charge in [0.05, 0.1) is 20.8 Å². The van der Waals surface area contributed by atoms with Crippen molar-refractivity contribution in [3.63, 3.8) is 0 Å². The quantitative estimate of drug-likeness (QED) is 0.624. The molecule has 0 saturated carbocycles. The summed E-state index contributed by atoms with van der Waals surface area (Å²) in [6.07, 6.45) is 2.59. The largest absolute Gasteiger partial charge is 0.493 e. The molecule has 0 radical (unpaired) electrons. The highest BCUT2D eigenvalue weighted by molar-refractivity contribution is 6.30. The Hall–Kier alpha value is -2.79. The van der Waals surface area contributed by atoms with Gasteiger partial charge in [-0.3, -0.25) is 9.48 Å². The number of rotatable bonds is 6. The summed E-state index contributed by atoms with van der Waals surface area (Å²) >= 11 is 6.02. The van der Waals surface area contributed by atoms with E-state index in [1.807, 2.05) is 42.6 Å². The van der Waals surface area contributed by atoms with E-state index in [4.69, 9.17) is 21.1 Å². The van der Waals surface area contributed by atoms with Crippen molar-refractivity contribution in [1.82, 2.24) is 9.78 Å². The van der Waals surface area contributed by atoms with E-state index in [-0.39, 0.29) is 0 Å². The smallest absolute Gasteiger partial charge is 0.170 e. The first kappa shape index (κ1) is 17.0. The maximum atomic E-state index is 11.4. The topological polar surface area (TPSA) is 53.4 Å². The third-order valence-electron chi connectivity index (χ3n) is 3.83. The van der Waals surface area contributed by atoms with E-state index in [2.05, 4.69) is 5.10 Å². The Balaban J connectivity index is 1.97. The van der Waals surface area contributed by atoms with Crippen LogP contribution in [0.1, 0.15) is 16.1 Å². The molecule has 0 N–H and O–H groups in total. The fraction of sp³-hybridized carbons (Fsp3) is 0.158. The first-order valence-corrected chi connectivity index (χ1v) is 8.02. The predicted octanol–water partition coefficient (Wildman–Crippen LogP) is 4.08. The van der Waals surface area contributed by atoms with Gasteiger partial charge in [-0.2, -0.15) is 5.10 Å². The molecule has 0 fully saturated rings. The number of methoxy groups -OCH3 is 2. The van der Waals surface area contributed by atoms with Gasteiger partial charge in [-0.1, -0.05) is 29.8 Å². The SMILES string of the molecule is COc1ccc(-c2cn(Cc3cccc(Cl)c3)nc2C=O)cc1OC. The van der Waals surface area contributed by atoms with Gasteiger partial charge in [0.1, 0.15) is 5.69 Å². The molecule has 0 aliphatic rings. The standard InChI is InChI=1S/C19H17ClN2O3/c1-24-18-7-6-14(9-19(18)25-2)16-11-22(21-17(16)12-23)10-13-4-3-5-15(20)8-13/h3-9,11-12H,10H2,1-2H3. The molecule has 0 atom stereocenters. The van der Waals surface area contributed by atoms with Crippen molar-refractivity contribution in [3.05, 3.63) is 64.9 Å². The zero-order valence-corrected chi connectivity index (χ0v) is 14.7. The molecule has 2 aromatic carbocycles. The lowest BCUT2D eigenvalue weighted by atomic mass is 10.1. The number of carbonyl (C=O) groups is 1. The Kier molecular flexibility index (Phi) is 5.05. The molecule has 0 bridgehead atoms. The Morgan fingerprint density at radius 1 is 1.12 bits per heavy atom. The van der Waals surface area contributed by atoms with Crippen molar-refractivity contribution in [2.24, 2.45) is 0 Å². The number of carbonyl (C=O) groups excluding carboxylic acids is 1. The van der Waals surface area contributed by atoms with Crippen molar-refractivity contribution in [2.75, 3.05) is 14.2 Å². The fourth-order valence-electron chi connectivity index (χ4n) is 2.65. The molecule has 25 heavy (non-hydrogen) atoms. The van der Waals surface area contributed by atoms with Crippen LogP contribution in [0, 0.1) is 0 Å². The van der Waals surface area contributed by atoms with Gasteiger partial charge in [-0.05, 0) is 35.4 Å². The van der Waals surface area contributed by atoms with Gasteiger partial charge in [0.2, 0.25) is 0 Å². The van der Waals surface area contributed by atoms with Gasteiger partial charge in [-0.15, -0.1) is 0 Å². The zero-order valence-electron chi connectivity index (χ0n) is 13.9. The van der Waals surface area contributed by atoms with Gasteiger partial charge in [0.15, 0.2) is 17.8 Å². The maximum absolute atomic E-state index is 11.4. The van der Waals surface area contributed by atoms with Crippen LogP contribution in [-0.4, -0.2) is 30.3 Å². The first-order chi connectivity index (χ1) is 12.1. The van der Waals surface area contributed by atoms with Gasteiger partial charge >= 0.3 is 0 Å². The van der Waals surface area contributed by atoms with Crippen molar-refractivity contribution < 1.29 is 14.3 Å². The molecule has 0 saturated heterocycles. The van der Waals surface area contributed by atoms with E-state index in [1.165, 1.54) is 0 Å². The van der Waals surface area contributed by atoms with Crippen molar-refractivity contribution in [1.29, 1.82) is 0 Å². The monoisotopic (exact) mass is 356 g/mol. The average molecular weight is 357 g/mol. The van der Waals surface area contributed by atoms with Crippen LogP contribution >= 0.6 is 11.6 Å². The van der Waals surface area contributed by atoms with Crippen LogP contribution in [0.2, 0.25) is 5.02 Å². The molecule has 1 aromatic heterocycles. The molecule has 3 aromatic rings. The van der Waals surface area contributed by atoms with E-state index < -0.39 is 0 Å². The third kappa shape index (κ3) is 3.67. The molecule has 6 heteroatoms. The highest BCUT2D eigenvalue weighted by Crippen LogP contribution is 2.33. The summed E-state index contributed by atoms with van der Waals surface area (Å²) in [7, 11) is 3.15. The molecule has 0 unspecified atom stereocenters. The Morgan fingerprint density at radius 2 is 1.92 bits per heavy atom. The van der Waals surface area contributed by atoms with Crippen molar-refractivity contribution in [3.8, 4) is 22.6 Å². The Bertz CT molecular complexity index is 905. The lowest BCUT2D eigenvalue weighted by molar-refractivity contribution is 0.111. The van der Waals surface area contributed by atoms with E-state index in [0.717, 1.165) is 23.0 Å². The lowest BCUT2D eigenvalue weighted by Crippen LogP contribution is -2.00. The molecular weight excluding hydrogens is 340 g/mol. The second-order valence-corrected chi connectivity index (χ2v) is 5.88. The number of hydrogen-bond acceptors (Lipinski definition) is 4. The molecule has 128 valence electrons. The predicted molar refractivity (Wildman–Crippen MR) is 96.7 cm³/mol. The molecule has 0 amide bonds. The minimum atomic E-state index is 0.370. The number of aromatic nitrogens is 2. The number of nitrogens with zero attached hydrogens (tertiary/aromatic N) is 2. The highest BCUT2D eigenvalue weighted by atomic mass is 35.5. The van der Waals surface area contributed by atoms with Crippen LogP contribution in [0.5, 0.6) is 11.5 Å². The summed E-state index contributed by atoms with van der Waals surface area (Å²) in [5.41, 5.74) is 2.94. The molecular formula is C19H17ClN2O3. The van der Waals surface area contributed by atoms with Crippen molar-refractivity contribution >= 4 is 17.9 Å². The van der Waals surface area contributed by atoms with Gasteiger partial charge in [-0.25, -0.2) is 0 Å². The minimum Gasteiger partial charge on any atom is -0.493 e. The van der Waals surface area contributed by atoms with E-state index in [1.54, 1.807) is 25.0 Å². The number of aldehydes is 1. The first-order valence-electron chi connectivity index (χ1n) is 7.64. The summed E-state index contributed by atoms with van der Waals surface area (Å²) in [6.45, 7) is 0.523. The second-order valence-electron chi connectivity index (χ2n) is 5.44. The minimum absolute atomic E-state index is 0.370.